The maximum atomic E-state index is 10.8. The number of nitrogens with zero attached hydrogens (tertiary/aromatic N) is 2. The van der Waals surface area contributed by atoms with E-state index >= 15 is 0 Å². The zero-order valence-corrected chi connectivity index (χ0v) is 10.1. The maximum absolute atomic E-state index is 10.8. The van der Waals surface area contributed by atoms with E-state index in [2.05, 4.69) is 21.4 Å². The Morgan fingerprint density at radius 1 is 1.17 bits per heavy atom. The summed E-state index contributed by atoms with van der Waals surface area (Å²) in [6.45, 7) is 4.00. The van der Waals surface area contributed by atoms with Crippen LogP contribution >= 0.6 is 0 Å². The Kier molecular flexibility index (Phi) is 3.23. The highest BCUT2D eigenvalue weighted by atomic mass is 16.4. The quantitative estimate of drug-likeness (QED) is 0.866. The van der Waals surface area contributed by atoms with Crippen molar-refractivity contribution in [1.82, 2.24) is 9.97 Å². The van der Waals surface area contributed by atoms with Gasteiger partial charge in [-0.2, -0.15) is 0 Å². The van der Waals surface area contributed by atoms with Gasteiger partial charge in [-0.15, -0.1) is 0 Å². The van der Waals surface area contributed by atoms with Crippen molar-refractivity contribution in [1.29, 1.82) is 0 Å². The van der Waals surface area contributed by atoms with Crippen LogP contribution in [-0.4, -0.2) is 21.0 Å². The van der Waals surface area contributed by atoms with Crippen molar-refractivity contribution >= 4 is 17.5 Å². The van der Waals surface area contributed by atoms with Gasteiger partial charge in [0, 0.05) is 5.69 Å². The summed E-state index contributed by atoms with van der Waals surface area (Å²) in [6, 6.07) is 5.98. The average molecular weight is 243 g/mol. The number of aromatic nitrogens is 2. The molecule has 1 heterocycles. The Morgan fingerprint density at radius 2 is 1.83 bits per heavy atom. The number of aromatic carboxylic acids is 1. The normalized spacial score (nSPS) is 10.1. The summed E-state index contributed by atoms with van der Waals surface area (Å²) in [5.41, 5.74) is 3.04. The van der Waals surface area contributed by atoms with Crippen molar-refractivity contribution in [2.24, 2.45) is 0 Å². The van der Waals surface area contributed by atoms with E-state index in [-0.39, 0.29) is 5.69 Å². The second kappa shape index (κ2) is 4.83. The van der Waals surface area contributed by atoms with Gasteiger partial charge in [-0.1, -0.05) is 6.07 Å². The molecule has 5 heteroatoms. The van der Waals surface area contributed by atoms with E-state index in [1.807, 2.05) is 26.0 Å². The Morgan fingerprint density at radius 3 is 2.44 bits per heavy atom. The molecule has 18 heavy (non-hydrogen) atoms. The minimum atomic E-state index is -1.09. The largest absolute Gasteiger partial charge is 0.476 e. The van der Waals surface area contributed by atoms with Crippen LogP contribution in [0, 0.1) is 13.8 Å². The maximum Gasteiger partial charge on any atom is 0.356 e. The minimum absolute atomic E-state index is 0.0793. The van der Waals surface area contributed by atoms with Crippen LogP contribution in [0.5, 0.6) is 0 Å². The number of carboxylic acid groups (broad SMARTS) is 1. The van der Waals surface area contributed by atoms with E-state index in [4.69, 9.17) is 5.11 Å². The van der Waals surface area contributed by atoms with E-state index in [0.29, 0.717) is 5.82 Å². The molecule has 0 bridgehead atoms. The molecule has 0 aliphatic carbocycles. The van der Waals surface area contributed by atoms with E-state index in [9.17, 15) is 4.79 Å². The second-order valence-corrected chi connectivity index (χ2v) is 4.10. The van der Waals surface area contributed by atoms with Crippen LogP contribution in [0.25, 0.3) is 0 Å². The molecule has 0 amide bonds. The molecule has 2 N–H and O–H groups in total. The Balaban J connectivity index is 2.28. The molecule has 0 atom stereocenters. The number of anilines is 2. The molecule has 0 unspecified atom stereocenters. The molecule has 2 rings (SSSR count). The first-order valence-corrected chi connectivity index (χ1v) is 5.45. The molecular formula is C13H13N3O2. The van der Waals surface area contributed by atoms with Crippen molar-refractivity contribution < 1.29 is 9.90 Å². The number of aryl methyl sites for hydroxylation is 2. The Bertz CT molecular complexity index is 576. The number of rotatable bonds is 3. The molecule has 0 saturated heterocycles. The van der Waals surface area contributed by atoms with E-state index in [1.54, 1.807) is 0 Å². The fourth-order valence-corrected chi connectivity index (χ4v) is 1.72. The minimum Gasteiger partial charge on any atom is -0.476 e. The van der Waals surface area contributed by atoms with Crippen LogP contribution in [0.1, 0.15) is 21.6 Å². The summed E-state index contributed by atoms with van der Waals surface area (Å²) in [6.07, 6.45) is 2.71. The average Bonchev–Trinajstić information content (AvgIpc) is 2.27. The summed E-state index contributed by atoms with van der Waals surface area (Å²) in [4.78, 5) is 18.6. The smallest absolute Gasteiger partial charge is 0.356 e. The predicted molar refractivity (Wildman–Crippen MR) is 68.2 cm³/mol. The molecule has 1 aromatic heterocycles. The van der Waals surface area contributed by atoms with Gasteiger partial charge < -0.3 is 10.4 Å². The van der Waals surface area contributed by atoms with Crippen LogP contribution in [0.2, 0.25) is 0 Å². The molecule has 1 aromatic carbocycles. The van der Waals surface area contributed by atoms with E-state index < -0.39 is 5.97 Å². The van der Waals surface area contributed by atoms with Crippen molar-refractivity contribution in [2.45, 2.75) is 13.8 Å². The van der Waals surface area contributed by atoms with Gasteiger partial charge in [0.2, 0.25) is 0 Å². The van der Waals surface area contributed by atoms with Crippen molar-refractivity contribution in [3.8, 4) is 0 Å². The third-order valence-electron chi connectivity index (χ3n) is 2.35. The standard InChI is InChI=1S/C13H13N3O2/c1-8-3-9(2)5-10(4-8)15-12-7-14-6-11(16-12)13(17)18/h3-7H,1-2H3,(H,15,16)(H,17,18). The number of nitrogens with one attached hydrogen (secondary N) is 1. The molecule has 0 aliphatic rings. The van der Waals surface area contributed by atoms with Crippen LogP contribution in [0.3, 0.4) is 0 Å². The number of hydrogen-bond acceptors (Lipinski definition) is 4. The monoisotopic (exact) mass is 243 g/mol. The van der Waals surface area contributed by atoms with Crippen molar-refractivity contribution in [3.63, 3.8) is 0 Å². The van der Waals surface area contributed by atoms with Gasteiger partial charge >= 0.3 is 5.97 Å². The summed E-state index contributed by atoms with van der Waals surface area (Å²) < 4.78 is 0. The van der Waals surface area contributed by atoms with Gasteiger partial charge in [0.1, 0.15) is 5.82 Å². The van der Waals surface area contributed by atoms with Gasteiger partial charge in [-0.3, -0.25) is 4.98 Å². The lowest BCUT2D eigenvalue weighted by Gasteiger charge is -2.07. The molecule has 0 radical (unpaired) electrons. The van der Waals surface area contributed by atoms with Crippen LogP contribution < -0.4 is 5.32 Å². The molecule has 0 aliphatic heterocycles. The van der Waals surface area contributed by atoms with Gasteiger partial charge in [0.15, 0.2) is 5.69 Å². The fraction of sp³-hybridized carbons (Fsp3) is 0.154. The molecule has 2 aromatic rings. The molecule has 5 nitrogen and oxygen atoms in total. The van der Waals surface area contributed by atoms with Crippen molar-refractivity contribution in [2.75, 3.05) is 5.32 Å². The Labute approximate surface area is 105 Å². The summed E-state index contributed by atoms with van der Waals surface area (Å²) in [7, 11) is 0. The topological polar surface area (TPSA) is 75.1 Å². The second-order valence-electron chi connectivity index (χ2n) is 4.10. The third kappa shape index (κ3) is 2.82. The highest BCUT2D eigenvalue weighted by molar-refractivity contribution is 5.85. The highest BCUT2D eigenvalue weighted by Crippen LogP contribution is 2.17. The molecule has 0 saturated carbocycles. The number of carbonyl (C=O) groups is 1. The molecule has 0 fully saturated rings. The zero-order valence-electron chi connectivity index (χ0n) is 10.1. The van der Waals surface area contributed by atoms with Crippen LogP contribution in [-0.2, 0) is 0 Å². The number of hydrogen-bond donors (Lipinski definition) is 2. The molecule has 0 spiro atoms. The lowest BCUT2D eigenvalue weighted by molar-refractivity contribution is 0.0690. The third-order valence-corrected chi connectivity index (χ3v) is 2.35. The number of benzene rings is 1. The summed E-state index contributed by atoms with van der Waals surface area (Å²) >= 11 is 0. The van der Waals surface area contributed by atoms with Gasteiger partial charge in [-0.25, -0.2) is 9.78 Å². The first-order chi connectivity index (χ1) is 8.54. The summed E-state index contributed by atoms with van der Waals surface area (Å²) in [5, 5.41) is 11.9. The summed E-state index contributed by atoms with van der Waals surface area (Å²) in [5.74, 6) is -0.675. The van der Waals surface area contributed by atoms with E-state index in [0.717, 1.165) is 16.8 Å². The first-order valence-electron chi connectivity index (χ1n) is 5.45. The van der Waals surface area contributed by atoms with Crippen LogP contribution in [0.4, 0.5) is 11.5 Å². The molecular weight excluding hydrogens is 230 g/mol. The lowest BCUT2D eigenvalue weighted by atomic mass is 10.1. The van der Waals surface area contributed by atoms with E-state index in [1.165, 1.54) is 12.4 Å². The number of carboxylic acids is 1. The van der Waals surface area contributed by atoms with Crippen molar-refractivity contribution in [3.05, 3.63) is 47.4 Å². The zero-order chi connectivity index (χ0) is 13.1. The highest BCUT2D eigenvalue weighted by Gasteiger charge is 2.06. The Hall–Kier alpha value is -2.43. The van der Waals surface area contributed by atoms with Crippen LogP contribution in [0.15, 0.2) is 30.6 Å². The van der Waals surface area contributed by atoms with Gasteiger partial charge in [0.05, 0.1) is 12.4 Å². The van der Waals surface area contributed by atoms with Gasteiger partial charge in [-0.05, 0) is 37.1 Å². The molecule has 92 valence electrons. The predicted octanol–water partition coefficient (Wildman–Crippen LogP) is 2.54. The SMILES string of the molecule is Cc1cc(C)cc(Nc2cncc(C(=O)O)n2)c1. The lowest BCUT2D eigenvalue weighted by Crippen LogP contribution is -2.04. The first kappa shape index (κ1) is 12.0. The van der Waals surface area contributed by atoms with Gasteiger partial charge in [0.25, 0.3) is 0 Å². The fourth-order valence-electron chi connectivity index (χ4n) is 1.72.